The zero-order valence-corrected chi connectivity index (χ0v) is 10.2. The van der Waals surface area contributed by atoms with Gasteiger partial charge in [-0.3, -0.25) is 4.98 Å². The molecule has 0 bridgehead atoms. The van der Waals surface area contributed by atoms with E-state index in [-0.39, 0.29) is 11.0 Å². The molecule has 0 atom stereocenters. The molecule has 0 saturated heterocycles. The Morgan fingerprint density at radius 3 is 2.62 bits per heavy atom. The van der Waals surface area contributed by atoms with Crippen molar-refractivity contribution in [1.29, 1.82) is 0 Å². The fourth-order valence-electron chi connectivity index (χ4n) is 0.997. The Balaban J connectivity index is 2.43. The number of primary sulfonamides is 1. The minimum Gasteiger partial charge on any atom is -0.252 e. The molecule has 2 heterocycles. The van der Waals surface area contributed by atoms with Crippen LogP contribution in [0.3, 0.4) is 0 Å². The van der Waals surface area contributed by atoms with Crippen molar-refractivity contribution in [3.63, 3.8) is 0 Å². The minimum absolute atomic E-state index is 0.177. The van der Waals surface area contributed by atoms with Crippen molar-refractivity contribution in [3.8, 4) is 11.5 Å². The molecule has 0 saturated carbocycles. The standard InChI is InChI=1S/C7H6BrN5O2S/c8-4-1-2-5(10-3-4)6-11-7(13-12-6)16(9,14)15/h1-3H,(H2,9,14,15)(H,11,12,13). The quantitative estimate of drug-likeness (QED) is 0.826. The van der Waals surface area contributed by atoms with E-state index in [1.807, 2.05) is 0 Å². The third-order valence-electron chi connectivity index (χ3n) is 1.69. The molecule has 2 rings (SSSR count). The number of hydrogen-bond acceptors (Lipinski definition) is 5. The Morgan fingerprint density at radius 1 is 1.38 bits per heavy atom. The molecule has 0 unspecified atom stereocenters. The predicted octanol–water partition coefficient (Wildman–Crippen LogP) is 0.277. The number of nitrogens with two attached hydrogens (primary N) is 1. The molecule has 2 aromatic heterocycles. The number of H-pyrrole nitrogens is 1. The molecule has 2 aromatic rings. The first kappa shape index (κ1) is 11.2. The molecular formula is C7H6BrN5O2S. The maximum absolute atomic E-state index is 10.9. The summed E-state index contributed by atoms with van der Waals surface area (Å²) in [5, 5.41) is 10.4. The van der Waals surface area contributed by atoms with Gasteiger partial charge in [-0.25, -0.2) is 18.7 Å². The number of aromatic amines is 1. The van der Waals surface area contributed by atoms with Crippen LogP contribution < -0.4 is 5.14 Å². The first-order chi connectivity index (χ1) is 7.47. The smallest absolute Gasteiger partial charge is 0.252 e. The van der Waals surface area contributed by atoms with Crippen LogP contribution in [0.1, 0.15) is 0 Å². The van der Waals surface area contributed by atoms with E-state index in [9.17, 15) is 8.42 Å². The van der Waals surface area contributed by atoms with Gasteiger partial charge in [0.05, 0.1) is 0 Å². The lowest BCUT2D eigenvalue weighted by atomic mass is 10.3. The topological polar surface area (TPSA) is 115 Å². The van der Waals surface area contributed by atoms with Crippen molar-refractivity contribution in [3.05, 3.63) is 22.8 Å². The largest absolute Gasteiger partial charge is 0.273 e. The van der Waals surface area contributed by atoms with Crippen LogP contribution in [0.2, 0.25) is 0 Å². The summed E-state index contributed by atoms with van der Waals surface area (Å²) in [5.74, 6) is 0.177. The van der Waals surface area contributed by atoms with Crippen LogP contribution in [-0.4, -0.2) is 28.6 Å². The van der Waals surface area contributed by atoms with Crippen LogP contribution in [0.15, 0.2) is 28.0 Å². The molecule has 7 nitrogen and oxygen atoms in total. The lowest BCUT2D eigenvalue weighted by Crippen LogP contribution is -2.13. The van der Waals surface area contributed by atoms with Gasteiger partial charge in [0.2, 0.25) is 5.82 Å². The maximum Gasteiger partial charge on any atom is 0.273 e. The highest BCUT2D eigenvalue weighted by Crippen LogP contribution is 2.15. The van der Waals surface area contributed by atoms with Crippen LogP contribution in [0.5, 0.6) is 0 Å². The SMILES string of the molecule is NS(=O)(=O)c1nc(-c2ccc(Br)cn2)n[nH]1. The summed E-state index contributed by atoms with van der Waals surface area (Å²) < 4.78 is 22.7. The van der Waals surface area contributed by atoms with Crippen LogP contribution >= 0.6 is 15.9 Å². The summed E-state index contributed by atoms with van der Waals surface area (Å²) >= 11 is 3.23. The second kappa shape index (κ2) is 3.92. The average Bonchev–Trinajstić information content (AvgIpc) is 2.67. The van der Waals surface area contributed by atoms with E-state index in [4.69, 9.17) is 5.14 Å². The van der Waals surface area contributed by atoms with Gasteiger partial charge in [-0.15, -0.1) is 0 Å². The van der Waals surface area contributed by atoms with Gasteiger partial charge in [0.15, 0.2) is 0 Å². The van der Waals surface area contributed by atoms with Crippen LogP contribution in [-0.2, 0) is 10.0 Å². The van der Waals surface area contributed by atoms with Crippen molar-refractivity contribution in [2.75, 3.05) is 0 Å². The Hall–Kier alpha value is -1.32. The van der Waals surface area contributed by atoms with Gasteiger partial charge >= 0.3 is 0 Å². The third-order valence-corrected chi connectivity index (χ3v) is 2.88. The molecule has 0 fully saturated rings. The highest BCUT2D eigenvalue weighted by atomic mass is 79.9. The predicted molar refractivity (Wildman–Crippen MR) is 58.7 cm³/mol. The maximum atomic E-state index is 10.9. The van der Waals surface area contributed by atoms with E-state index < -0.39 is 10.0 Å². The first-order valence-corrected chi connectivity index (χ1v) is 6.38. The van der Waals surface area contributed by atoms with E-state index in [2.05, 4.69) is 36.1 Å². The van der Waals surface area contributed by atoms with E-state index in [0.29, 0.717) is 5.69 Å². The summed E-state index contributed by atoms with van der Waals surface area (Å²) in [6, 6.07) is 3.40. The average molecular weight is 304 g/mol. The number of rotatable bonds is 2. The molecule has 3 N–H and O–H groups in total. The second-order valence-corrected chi connectivity index (χ2v) is 5.26. The summed E-state index contributed by atoms with van der Waals surface area (Å²) in [6.45, 7) is 0. The number of pyridine rings is 1. The number of sulfonamides is 1. The molecule has 0 aromatic carbocycles. The first-order valence-electron chi connectivity index (χ1n) is 4.04. The monoisotopic (exact) mass is 303 g/mol. The number of nitrogens with one attached hydrogen (secondary N) is 1. The molecular weight excluding hydrogens is 298 g/mol. The Bertz CT molecular complexity index is 606. The van der Waals surface area contributed by atoms with Gasteiger partial charge in [-0.1, -0.05) is 0 Å². The Labute approximate surface area is 99.3 Å². The van der Waals surface area contributed by atoms with Gasteiger partial charge in [-0.05, 0) is 28.1 Å². The van der Waals surface area contributed by atoms with Crippen molar-refractivity contribution in [2.45, 2.75) is 5.16 Å². The van der Waals surface area contributed by atoms with E-state index in [1.165, 1.54) is 0 Å². The third kappa shape index (κ3) is 2.26. The molecule has 0 spiro atoms. The highest BCUT2D eigenvalue weighted by Gasteiger charge is 2.15. The van der Waals surface area contributed by atoms with Gasteiger partial charge in [0, 0.05) is 10.7 Å². The lowest BCUT2D eigenvalue weighted by Gasteiger charge is -1.93. The van der Waals surface area contributed by atoms with E-state index in [1.54, 1.807) is 18.3 Å². The molecule has 0 radical (unpaired) electrons. The van der Waals surface area contributed by atoms with E-state index >= 15 is 0 Å². The normalized spacial score (nSPS) is 11.6. The highest BCUT2D eigenvalue weighted by molar-refractivity contribution is 9.10. The molecule has 0 aliphatic heterocycles. The Kier molecular flexibility index (Phi) is 2.74. The van der Waals surface area contributed by atoms with Crippen LogP contribution in [0.25, 0.3) is 11.5 Å². The molecule has 0 amide bonds. The van der Waals surface area contributed by atoms with Gasteiger partial charge < -0.3 is 0 Å². The summed E-state index contributed by atoms with van der Waals surface area (Å²) in [5.41, 5.74) is 0.453. The van der Waals surface area contributed by atoms with Crippen molar-refractivity contribution in [2.24, 2.45) is 5.14 Å². The molecule has 9 heteroatoms. The molecule has 16 heavy (non-hydrogen) atoms. The zero-order chi connectivity index (χ0) is 11.8. The number of hydrogen-bond donors (Lipinski definition) is 2. The van der Waals surface area contributed by atoms with Gasteiger partial charge in [0.1, 0.15) is 5.69 Å². The summed E-state index contributed by atoms with van der Waals surface area (Å²) in [4.78, 5) is 7.74. The fourth-order valence-corrected chi connectivity index (χ4v) is 1.62. The van der Waals surface area contributed by atoms with Crippen molar-refractivity contribution in [1.82, 2.24) is 20.2 Å². The minimum atomic E-state index is -3.86. The number of nitrogens with zero attached hydrogens (tertiary/aromatic N) is 3. The van der Waals surface area contributed by atoms with Crippen LogP contribution in [0, 0.1) is 0 Å². The zero-order valence-electron chi connectivity index (χ0n) is 7.75. The summed E-state index contributed by atoms with van der Waals surface area (Å²) in [7, 11) is -3.86. The lowest BCUT2D eigenvalue weighted by molar-refractivity contribution is 0.589. The van der Waals surface area contributed by atoms with E-state index in [0.717, 1.165) is 4.47 Å². The van der Waals surface area contributed by atoms with Crippen molar-refractivity contribution < 1.29 is 8.42 Å². The van der Waals surface area contributed by atoms with Gasteiger partial charge in [0.25, 0.3) is 15.2 Å². The fraction of sp³-hybridized carbons (Fsp3) is 0. The molecule has 0 aliphatic carbocycles. The second-order valence-electron chi connectivity index (χ2n) is 2.87. The van der Waals surface area contributed by atoms with Crippen LogP contribution in [0.4, 0.5) is 0 Å². The van der Waals surface area contributed by atoms with Crippen molar-refractivity contribution >= 4 is 26.0 Å². The number of halogens is 1. The molecule has 84 valence electrons. The number of aromatic nitrogens is 4. The Morgan fingerprint density at radius 2 is 2.12 bits per heavy atom. The molecule has 0 aliphatic rings. The summed E-state index contributed by atoms with van der Waals surface area (Å²) in [6.07, 6.45) is 1.56. The van der Waals surface area contributed by atoms with Gasteiger partial charge in [-0.2, -0.15) is 10.1 Å².